The molecule has 2 aliphatic heterocycles. The molecule has 1 aromatic carbocycles. The first-order valence-electron chi connectivity index (χ1n) is 7.34. The molecule has 1 atom stereocenters. The quantitative estimate of drug-likeness (QED) is 0.893. The van der Waals surface area contributed by atoms with E-state index >= 15 is 0 Å². The number of nitrogens with zero attached hydrogens (tertiary/aromatic N) is 1. The fourth-order valence-electron chi connectivity index (χ4n) is 3.12. The Morgan fingerprint density at radius 1 is 1.41 bits per heavy atom. The van der Waals surface area contributed by atoms with Crippen LogP contribution >= 0.6 is 0 Å². The normalized spacial score (nSPS) is 22.2. The molecular formula is C15H18N2O4S. The van der Waals surface area contributed by atoms with Crippen molar-refractivity contribution in [3.8, 4) is 0 Å². The van der Waals surface area contributed by atoms with E-state index in [9.17, 15) is 18.0 Å². The van der Waals surface area contributed by atoms with Crippen LogP contribution in [0.4, 0.5) is 5.69 Å². The number of amides is 2. The zero-order chi connectivity index (χ0) is 15.9. The predicted octanol–water partition coefficient (Wildman–Crippen LogP) is 0.830. The second kappa shape index (κ2) is 5.39. The SMILES string of the molecule is CCN(C(=O)c1ccc2c(c1)CC(=O)N2)C1CCS(=O)(=O)C1. The maximum atomic E-state index is 12.7. The van der Waals surface area contributed by atoms with Gasteiger partial charge in [-0.05, 0) is 37.1 Å². The minimum atomic E-state index is -3.03. The lowest BCUT2D eigenvalue weighted by Crippen LogP contribution is -2.41. The largest absolute Gasteiger partial charge is 0.335 e. The number of carbonyl (C=O) groups is 2. The highest BCUT2D eigenvalue weighted by Gasteiger charge is 2.34. The molecule has 3 rings (SSSR count). The lowest BCUT2D eigenvalue weighted by Gasteiger charge is -2.27. The van der Waals surface area contributed by atoms with Gasteiger partial charge in [-0.25, -0.2) is 8.42 Å². The molecule has 22 heavy (non-hydrogen) atoms. The molecule has 118 valence electrons. The molecule has 7 heteroatoms. The first-order valence-corrected chi connectivity index (χ1v) is 9.16. The molecule has 2 aliphatic rings. The summed E-state index contributed by atoms with van der Waals surface area (Å²) < 4.78 is 23.3. The molecule has 1 N–H and O–H groups in total. The fraction of sp³-hybridized carbons (Fsp3) is 0.467. The number of hydrogen-bond acceptors (Lipinski definition) is 4. The summed E-state index contributed by atoms with van der Waals surface area (Å²) in [5, 5.41) is 2.73. The topological polar surface area (TPSA) is 83.6 Å². The van der Waals surface area contributed by atoms with Crippen molar-refractivity contribution < 1.29 is 18.0 Å². The van der Waals surface area contributed by atoms with Crippen molar-refractivity contribution in [3.63, 3.8) is 0 Å². The molecule has 0 spiro atoms. The van der Waals surface area contributed by atoms with E-state index in [1.165, 1.54) is 0 Å². The van der Waals surface area contributed by atoms with Gasteiger partial charge in [0, 0.05) is 23.8 Å². The smallest absolute Gasteiger partial charge is 0.254 e. The number of fused-ring (bicyclic) bond motifs is 1. The van der Waals surface area contributed by atoms with Gasteiger partial charge in [0.25, 0.3) is 5.91 Å². The Morgan fingerprint density at radius 2 is 2.18 bits per heavy atom. The number of rotatable bonds is 3. The lowest BCUT2D eigenvalue weighted by molar-refractivity contribution is -0.115. The first-order chi connectivity index (χ1) is 10.4. The molecule has 2 heterocycles. The summed E-state index contributed by atoms with van der Waals surface area (Å²) in [5.41, 5.74) is 2.06. The molecule has 6 nitrogen and oxygen atoms in total. The molecular weight excluding hydrogens is 304 g/mol. The maximum absolute atomic E-state index is 12.7. The third kappa shape index (κ3) is 2.72. The Labute approximate surface area is 129 Å². The van der Waals surface area contributed by atoms with Gasteiger partial charge in [0.1, 0.15) is 0 Å². The number of carbonyl (C=O) groups excluding carboxylic acids is 2. The van der Waals surface area contributed by atoms with E-state index in [-0.39, 0.29) is 35.8 Å². The van der Waals surface area contributed by atoms with Crippen LogP contribution in [0.15, 0.2) is 18.2 Å². The lowest BCUT2D eigenvalue weighted by atomic mass is 10.1. The third-order valence-corrected chi connectivity index (χ3v) is 5.98. The van der Waals surface area contributed by atoms with Crippen LogP contribution in [0, 0.1) is 0 Å². The second-order valence-corrected chi connectivity index (χ2v) is 7.97. The fourth-order valence-corrected chi connectivity index (χ4v) is 4.85. The van der Waals surface area contributed by atoms with E-state index in [0.29, 0.717) is 18.5 Å². The Kier molecular flexibility index (Phi) is 3.68. The summed E-state index contributed by atoms with van der Waals surface area (Å²) in [6, 6.07) is 4.88. The zero-order valence-electron chi connectivity index (χ0n) is 12.3. The zero-order valence-corrected chi connectivity index (χ0v) is 13.1. The summed E-state index contributed by atoms with van der Waals surface area (Å²) in [5.74, 6) is -0.0673. The van der Waals surface area contributed by atoms with Crippen molar-refractivity contribution >= 4 is 27.3 Å². The number of benzene rings is 1. The molecule has 1 unspecified atom stereocenters. The van der Waals surface area contributed by atoms with E-state index in [1.807, 2.05) is 6.92 Å². The Balaban J connectivity index is 1.83. The monoisotopic (exact) mass is 322 g/mol. The van der Waals surface area contributed by atoms with E-state index in [4.69, 9.17) is 0 Å². The molecule has 0 aromatic heterocycles. The van der Waals surface area contributed by atoms with Crippen molar-refractivity contribution in [3.05, 3.63) is 29.3 Å². The number of hydrogen-bond donors (Lipinski definition) is 1. The van der Waals surface area contributed by atoms with Crippen LogP contribution in [0.2, 0.25) is 0 Å². The minimum absolute atomic E-state index is 0.0392. The van der Waals surface area contributed by atoms with Crippen molar-refractivity contribution in [2.45, 2.75) is 25.8 Å². The number of nitrogens with one attached hydrogen (secondary N) is 1. The molecule has 0 radical (unpaired) electrons. The molecule has 2 amide bonds. The van der Waals surface area contributed by atoms with E-state index in [1.54, 1.807) is 23.1 Å². The van der Waals surface area contributed by atoms with Gasteiger partial charge >= 0.3 is 0 Å². The van der Waals surface area contributed by atoms with Crippen LogP contribution in [-0.4, -0.2) is 49.2 Å². The van der Waals surface area contributed by atoms with E-state index in [0.717, 1.165) is 11.3 Å². The predicted molar refractivity (Wildman–Crippen MR) is 82.5 cm³/mol. The van der Waals surface area contributed by atoms with Crippen LogP contribution in [0.5, 0.6) is 0 Å². The van der Waals surface area contributed by atoms with Gasteiger partial charge in [-0.1, -0.05) is 0 Å². The standard InChI is InChI=1S/C15H18N2O4S/c1-2-17(12-5-6-22(20,21)9-12)15(19)10-3-4-13-11(7-10)8-14(18)16-13/h3-4,7,12H,2,5-6,8-9H2,1H3,(H,16,18). The molecule has 0 saturated carbocycles. The molecule has 0 bridgehead atoms. The van der Waals surface area contributed by atoms with Gasteiger partial charge < -0.3 is 10.2 Å². The van der Waals surface area contributed by atoms with Gasteiger partial charge in [-0.15, -0.1) is 0 Å². The van der Waals surface area contributed by atoms with Gasteiger partial charge in [0.15, 0.2) is 9.84 Å². The van der Waals surface area contributed by atoms with Crippen molar-refractivity contribution in [1.82, 2.24) is 4.90 Å². The van der Waals surface area contributed by atoms with Crippen LogP contribution < -0.4 is 5.32 Å². The molecule has 1 saturated heterocycles. The third-order valence-electron chi connectivity index (χ3n) is 4.23. The second-order valence-electron chi connectivity index (χ2n) is 5.74. The molecule has 0 aliphatic carbocycles. The van der Waals surface area contributed by atoms with E-state index < -0.39 is 9.84 Å². The summed E-state index contributed by atoms with van der Waals surface area (Å²) in [7, 11) is -3.03. The van der Waals surface area contributed by atoms with Crippen molar-refractivity contribution in [2.75, 3.05) is 23.4 Å². The highest BCUT2D eigenvalue weighted by molar-refractivity contribution is 7.91. The van der Waals surface area contributed by atoms with Crippen LogP contribution in [0.3, 0.4) is 0 Å². The van der Waals surface area contributed by atoms with Gasteiger partial charge in [0.2, 0.25) is 5.91 Å². The molecule has 1 fully saturated rings. The van der Waals surface area contributed by atoms with Gasteiger partial charge in [-0.2, -0.15) is 0 Å². The highest BCUT2D eigenvalue weighted by Crippen LogP contribution is 2.26. The van der Waals surface area contributed by atoms with Gasteiger partial charge in [-0.3, -0.25) is 9.59 Å². The summed E-state index contributed by atoms with van der Waals surface area (Å²) in [6.45, 7) is 2.31. The van der Waals surface area contributed by atoms with Crippen molar-refractivity contribution in [2.24, 2.45) is 0 Å². The van der Waals surface area contributed by atoms with Crippen LogP contribution in [-0.2, 0) is 21.1 Å². The Bertz CT molecular complexity index is 742. The van der Waals surface area contributed by atoms with Crippen LogP contribution in [0.1, 0.15) is 29.3 Å². The average Bonchev–Trinajstić information content (AvgIpc) is 3.00. The first kappa shape index (κ1) is 15.0. The highest BCUT2D eigenvalue weighted by atomic mass is 32.2. The number of sulfone groups is 1. The summed E-state index contributed by atoms with van der Waals surface area (Å²) >= 11 is 0. The average molecular weight is 322 g/mol. The van der Waals surface area contributed by atoms with Crippen LogP contribution in [0.25, 0.3) is 0 Å². The molecule has 1 aromatic rings. The van der Waals surface area contributed by atoms with Gasteiger partial charge in [0.05, 0.1) is 17.9 Å². The maximum Gasteiger partial charge on any atom is 0.254 e. The summed E-state index contributed by atoms with van der Waals surface area (Å²) in [4.78, 5) is 25.7. The van der Waals surface area contributed by atoms with Crippen molar-refractivity contribution in [1.29, 1.82) is 0 Å². The number of anilines is 1. The Hall–Kier alpha value is -1.89. The summed E-state index contributed by atoms with van der Waals surface area (Å²) in [6.07, 6.45) is 0.771. The minimum Gasteiger partial charge on any atom is -0.335 e. The van der Waals surface area contributed by atoms with E-state index in [2.05, 4.69) is 5.32 Å². The Morgan fingerprint density at radius 3 is 2.82 bits per heavy atom.